The molecular formula is C12H23N3. The summed E-state index contributed by atoms with van der Waals surface area (Å²) < 4.78 is 0. The van der Waals surface area contributed by atoms with Crippen LogP contribution in [0.3, 0.4) is 0 Å². The van der Waals surface area contributed by atoms with E-state index in [-0.39, 0.29) is 0 Å². The third kappa shape index (κ3) is 1.52. The number of nitrogens with two attached hydrogens (primary N) is 1. The molecule has 3 nitrogen and oxygen atoms in total. The topological polar surface area (TPSA) is 32.5 Å². The predicted molar refractivity (Wildman–Crippen MR) is 61.8 cm³/mol. The Hall–Kier alpha value is -0.120. The van der Waals surface area contributed by atoms with Crippen LogP contribution in [0, 0.1) is 0 Å². The summed E-state index contributed by atoms with van der Waals surface area (Å²) >= 11 is 0. The van der Waals surface area contributed by atoms with E-state index in [1.165, 1.54) is 58.3 Å². The molecule has 86 valence electrons. The molecule has 3 heteroatoms. The minimum absolute atomic E-state index is 0.411. The molecule has 0 amide bonds. The number of hydrogen-bond acceptors (Lipinski definition) is 3. The van der Waals surface area contributed by atoms with Crippen LogP contribution in [-0.2, 0) is 0 Å². The second-order valence-corrected chi connectivity index (χ2v) is 5.56. The Morgan fingerprint density at radius 1 is 1.13 bits per heavy atom. The first kappa shape index (κ1) is 10.1. The van der Waals surface area contributed by atoms with E-state index >= 15 is 0 Å². The van der Waals surface area contributed by atoms with Gasteiger partial charge in [0, 0.05) is 37.8 Å². The lowest BCUT2D eigenvalue weighted by Gasteiger charge is -2.53. The Balaban J connectivity index is 1.67. The minimum atomic E-state index is 0.411. The second-order valence-electron chi connectivity index (χ2n) is 5.56. The summed E-state index contributed by atoms with van der Waals surface area (Å²) in [6.07, 6.45) is 6.90. The molecule has 3 fully saturated rings. The van der Waals surface area contributed by atoms with E-state index in [0.29, 0.717) is 5.54 Å². The number of nitrogens with zero attached hydrogens (tertiary/aromatic N) is 2. The highest BCUT2D eigenvalue weighted by molar-refractivity contribution is 5.02. The van der Waals surface area contributed by atoms with Crippen LogP contribution in [0.5, 0.6) is 0 Å². The first-order valence-electron chi connectivity index (χ1n) is 6.53. The van der Waals surface area contributed by atoms with Crippen LogP contribution < -0.4 is 5.73 Å². The fourth-order valence-corrected chi connectivity index (χ4v) is 3.66. The molecule has 1 aliphatic carbocycles. The molecule has 3 rings (SSSR count). The Bertz CT molecular complexity index is 232. The van der Waals surface area contributed by atoms with Crippen LogP contribution in [0.4, 0.5) is 0 Å². The number of piperazine rings is 1. The smallest absolute Gasteiger partial charge is 0.0332 e. The van der Waals surface area contributed by atoms with E-state index in [0.717, 1.165) is 12.6 Å². The van der Waals surface area contributed by atoms with Gasteiger partial charge in [-0.25, -0.2) is 0 Å². The molecule has 0 bridgehead atoms. The van der Waals surface area contributed by atoms with E-state index < -0.39 is 0 Å². The van der Waals surface area contributed by atoms with Gasteiger partial charge in [-0.1, -0.05) is 0 Å². The lowest BCUT2D eigenvalue weighted by atomic mass is 9.74. The normalized spacial score (nSPS) is 36.2. The first-order chi connectivity index (χ1) is 7.34. The van der Waals surface area contributed by atoms with Crippen molar-refractivity contribution in [2.24, 2.45) is 5.73 Å². The maximum absolute atomic E-state index is 5.98. The van der Waals surface area contributed by atoms with E-state index in [4.69, 9.17) is 5.73 Å². The summed E-state index contributed by atoms with van der Waals surface area (Å²) in [5, 5.41) is 0. The summed E-state index contributed by atoms with van der Waals surface area (Å²) in [4.78, 5) is 5.39. The van der Waals surface area contributed by atoms with Gasteiger partial charge in [0.25, 0.3) is 0 Å². The summed E-state index contributed by atoms with van der Waals surface area (Å²) in [6, 6.07) is 0.850. The molecule has 1 unspecified atom stereocenters. The van der Waals surface area contributed by atoms with Gasteiger partial charge in [-0.15, -0.1) is 0 Å². The van der Waals surface area contributed by atoms with Crippen molar-refractivity contribution < 1.29 is 0 Å². The van der Waals surface area contributed by atoms with Crippen LogP contribution in [0.1, 0.15) is 32.1 Å². The Labute approximate surface area is 92.6 Å². The van der Waals surface area contributed by atoms with Gasteiger partial charge < -0.3 is 5.73 Å². The van der Waals surface area contributed by atoms with Gasteiger partial charge in [0.05, 0.1) is 0 Å². The predicted octanol–water partition coefficient (Wildman–Crippen LogP) is 0.648. The minimum Gasteiger partial charge on any atom is -0.329 e. The zero-order chi connectivity index (χ0) is 10.3. The van der Waals surface area contributed by atoms with E-state index in [1.807, 2.05) is 0 Å². The second kappa shape index (κ2) is 3.72. The largest absolute Gasteiger partial charge is 0.329 e. The van der Waals surface area contributed by atoms with Crippen molar-refractivity contribution in [3.63, 3.8) is 0 Å². The molecule has 2 aliphatic heterocycles. The average molecular weight is 209 g/mol. The zero-order valence-corrected chi connectivity index (χ0v) is 9.62. The number of fused-ring (bicyclic) bond motifs is 1. The monoisotopic (exact) mass is 209 g/mol. The molecule has 0 aromatic heterocycles. The Morgan fingerprint density at radius 2 is 2.00 bits per heavy atom. The van der Waals surface area contributed by atoms with Crippen molar-refractivity contribution in [1.82, 2.24) is 9.80 Å². The zero-order valence-electron chi connectivity index (χ0n) is 9.62. The first-order valence-corrected chi connectivity index (χ1v) is 6.53. The van der Waals surface area contributed by atoms with Crippen molar-refractivity contribution in [2.75, 3.05) is 32.7 Å². The van der Waals surface area contributed by atoms with E-state index in [1.54, 1.807) is 0 Å². The van der Waals surface area contributed by atoms with Crippen molar-refractivity contribution in [1.29, 1.82) is 0 Å². The van der Waals surface area contributed by atoms with Gasteiger partial charge in [-0.05, 0) is 38.6 Å². The number of hydrogen-bond donors (Lipinski definition) is 1. The van der Waals surface area contributed by atoms with Crippen LogP contribution in [0.15, 0.2) is 0 Å². The van der Waals surface area contributed by atoms with Gasteiger partial charge in [0.15, 0.2) is 0 Å². The van der Waals surface area contributed by atoms with Gasteiger partial charge in [-0.3, -0.25) is 9.80 Å². The Morgan fingerprint density at radius 3 is 2.67 bits per heavy atom. The van der Waals surface area contributed by atoms with Gasteiger partial charge in [0.1, 0.15) is 0 Å². The standard InChI is InChI=1S/C12H23N3/c13-10-12(4-2-5-12)15-8-7-14-6-1-3-11(14)9-15/h11H,1-10,13H2. The quantitative estimate of drug-likeness (QED) is 0.725. The lowest BCUT2D eigenvalue weighted by Crippen LogP contribution is -2.64. The van der Waals surface area contributed by atoms with Gasteiger partial charge in [0.2, 0.25) is 0 Å². The molecule has 2 heterocycles. The Kier molecular flexibility index (Phi) is 2.49. The van der Waals surface area contributed by atoms with Crippen molar-refractivity contribution >= 4 is 0 Å². The van der Waals surface area contributed by atoms with Gasteiger partial charge in [-0.2, -0.15) is 0 Å². The highest BCUT2D eigenvalue weighted by Crippen LogP contribution is 2.38. The molecule has 0 aromatic rings. The van der Waals surface area contributed by atoms with E-state index in [2.05, 4.69) is 9.80 Å². The molecule has 15 heavy (non-hydrogen) atoms. The summed E-state index contributed by atoms with van der Waals surface area (Å²) in [5.41, 5.74) is 6.39. The highest BCUT2D eigenvalue weighted by atomic mass is 15.3. The third-order valence-corrected chi connectivity index (χ3v) is 4.92. The van der Waals surface area contributed by atoms with Crippen LogP contribution >= 0.6 is 0 Å². The molecular weight excluding hydrogens is 186 g/mol. The van der Waals surface area contributed by atoms with Crippen LogP contribution in [0.2, 0.25) is 0 Å². The molecule has 0 radical (unpaired) electrons. The molecule has 0 spiro atoms. The van der Waals surface area contributed by atoms with E-state index in [9.17, 15) is 0 Å². The van der Waals surface area contributed by atoms with Gasteiger partial charge >= 0.3 is 0 Å². The molecule has 2 saturated heterocycles. The van der Waals surface area contributed by atoms with Crippen LogP contribution in [0.25, 0.3) is 0 Å². The molecule has 2 N–H and O–H groups in total. The highest BCUT2D eigenvalue weighted by Gasteiger charge is 2.44. The lowest BCUT2D eigenvalue weighted by molar-refractivity contribution is -0.0254. The summed E-state index contributed by atoms with van der Waals surface area (Å²) in [5.74, 6) is 0. The average Bonchev–Trinajstić information content (AvgIpc) is 2.64. The maximum atomic E-state index is 5.98. The van der Waals surface area contributed by atoms with Crippen molar-refractivity contribution in [3.05, 3.63) is 0 Å². The fraction of sp³-hybridized carbons (Fsp3) is 1.00. The fourth-order valence-electron chi connectivity index (χ4n) is 3.66. The number of rotatable bonds is 2. The van der Waals surface area contributed by atoms with Crippen molar-refractivity contribution in [2.45, 2.75) is 43.7 Å². The van der Waals surface area contributed by atoms with Crippen molar-refractivity contribution in [3.8, 4) is 0 Å². The maximum Gasteiger partial charge on any atom is 0.0332 e. The molecule has 1 saturated carbocycles. The molecule has 0 aromatic carbocycles. The summed E-state index contributed by atoms with van der Waals surface area (Å²) in [6.45, 7) is 6.05. The third-order valence-electron chi connectivity index (χ3n) is 4.92. The van der Waals surface area contributed by atoms with Crippen LogP contribution in [-0.4, -0.2) is 54.1 Å². The molecule has 3 aliphatic rings. The molecule has 1 atom stereocenters. The summed E-state index contributed by atoms with van der Waals surface area (Å²) in [7, 11) is 0. The SMILES string of the molecule is NCC1(N2CCN3CCCC3C2)CCC1.